The molecule has 1 saturated carbocycles. The van der Waals surface area contributed by atoms with E-state index in [4.69, 9.17) is 22.1 Å². The highest BCUT2D eigenvalue weighted by atomic mass is 35.5. The Balaban J connectivity index is 0.000000343. The minimum Gasteiger partial charge on any atom is -0.489 e. The van der Waals surface area contributed by atoms with Gasteiger partial charge in [-0.05, 0) is 61.6 Å². The van der Waals surface area contributed by atoms with Gasteiger partial charge in [0.25, 0.3) is 5.56 Å². The van der Waals surface area contributed by atoms with Crippen LogP contribution < -0.4 is 16.0 Å². The van der Waals surface area contributed by atoms with E-state index in [0.29, 0.717) is 28.1 Å². The number of hydrogen-bond donors (Lipinski definition) is 2. The Morgan fingerprint density at radius 2 is 1.72 bits per heavy atom. The van der Waals surface area contributed by atoms with Gasteiger partial charge < -0.3 is 15.5 Å². The molecule has 0 aliphatic heterocycles. The molecule has 3 aromatic rings. The first-order valence-corrected chi connectivity index (χ1v) is 10.7. The number of ether oxygens (including phenoxy) is 1. The van der Waals surface area contributed by atoms with E-state index >= 15 is 0 Å². The number of pyridine rings is 1. The highest BCUT2D eigenvalue weighted by molar-refractivity contribution is 6.32. The number of halogens is 1. The van der Waals surface area contributed by atoms with Crippen molar-refractivity contribution in [2.24, 2.45) is 11.7 Å². The minimum atomic E-state index is -0.134. The van der Waals surface area contributed by atoms with E-state index in [9.17, 15) is 4.79 Å². The Morgan fingerprint density at radius 3 is 2.31 bits per heavy atom. The van der Waals surface area contributed by atoms with Gasteiger partial charge in [0.05, 0.1) is 11.1 Å². The molecular weight excluding hydrogens is 384 g/mol. The molecule has 1 atom stereocenters. The Kier molecular flexibility index (Phi) is 7.73. The lowest BCUT2D eigenvalue weighted by Crippen LogP contribution is -2.35. The van der Waals surface area contributed by atoms with Gasteiger partial charge in [-0.3, -0.25) is 4.79 Å². The number of fused-ring (bicyclic) bond motifs is 1. The Hall–Kier alpha value is -2.30. The van der Waals surface area contributed by atoms with Gasteiger partial charge in [0.15, 0.2) is 0 Å². The fourth-order valence-electron chi connectivity index (χ4n) is 3.81. The van der Waals surface area contributed by atoms with Crippen molar-refractivity contribution < 1.29 is 4.74 Å². The molecular formula is C24H29ClN2O2. The zero-order valence-corrected chi connectivity index (χ0v) is 17.6. The predicted octanol–water partition coefficient (Wildman–Crippen LogP) is 5.54. The van der Waals surface area contributed by atoms with Gasteiger partial charge in [0.2, 0.25) is 0 Å². The lowest BCUT2D eigenvalue weighted by Gasteiger charge is -2.32. The maximum Gasteiger partial charge on any atom is 0.255 e. The summed E-state index contributed by atoms with van der Waals surface area (Å²) in [4.78, 5) is 14.5. The third-order valence-electron chi connectivity index (χ3n) is 5.58. The van der Waals surface area contributed by atoms with Crippen LogP contribution in [0.15, 0.2) is 65.6 Å². The molecule has 0 spiro atoms. The molecule has 3 N–H and O–H groups in total. The summed E-state index contributed by atoms with van der Waals surface area (Å²) in [5.41, 5.74) is 6.02. The van der Waals surface area contributed by atoms with Crippen LogP contribution in [0.25, 0.3) is 10.8 Å². The van der Waals surface area contributed by atoms with E-state index in [0.717, 1.165) is 37.5 Å². The maximum absolute atomic E-state index is 11.8. The second kappa shape index (κ2) is 10.5. The Morgan fingerprint density at radius 1 is 1.10 bits per heavy atom. The molecule has 1 aliphatic rings. The monoisotopic (exact) mass is 412 g/mol. The van der Waals surface area contributed by atoms with Crippen molar-refractivity contribution in [2.75, 3.05) is 0 Å². The van der Waals surface area contributed by atoms with Crippen molar-refractivity contribution in [1.29, 1.82) is 0 Å². The van der Waals surface area contributed by atoms with Crippen LogP contribution in [-0.4, -0.2) is 17.1 Å². The fourth-order valence-corrected chi connectivity index (χ4v) is 4.02. The second-order valence-corrected chi connectivity index (χ2v) is 7.97. The summed E-state index contributed by atoms with van der Waals surface area (Å²) >= 11 is 6.30. The van der Waals surface area contributed by atoms with E-state index < -0.39 is 0 Å². The summed E-state index contributed by atoms with van der Waals surface area (Å²) in [6, 6.07) is 17.7. The average molecular weight is 413 g/mol. The van der Waals surface area contributed by atoms with Crippen molar-refractivity contribution >= 4 is 22.4 Å². The molecule has 5 heteroatoms. The van der Waals surface area contributed by atoms with Crippen LogP contribution in [-0.2, 0) is 0 Å². The van der Waals surface area contributed by atoms with Crippen molar-refractivity contribution in [2.45, 2.75) is 51.2 Å². The number of H-pyrrole nitrogens is 1. The molecule has 29 heavy (non-hydrogen) atoms. The van der Waals surface area contributed by atoms with Crippen LogP contribution in [0.3, 0.4) is 0 Å². The van der Waals surface area contributed by atoms with Gasteiger partial charge in [-0.1, -0.05) is 54.9 Å². The molecule has 4 nitrogen and oxygen atoms in total. The van der Waals surface area contributed by atoms with Gasteiger partial charge in [-0.2, -0.15) is 0 Å². The normalized spacial score (nSPS) is 19.8. The van der Waals surface area contributed by atoms with Crippen molar-refractivity contribution in [3.63, 3.8) is 0 Å². The molecule has 2 aromatic carbocycles. The van der Waals surface area contributed by atoms with E-state index in [2.05, 4.69) is 11.9 Å². The third-order valence-corrected chi connectivity index (χ3v) is 5.88. The van der Waals surface area contributed by atoms with Gasteiger partial charge >= 0.3 is 0 Å². The number of aromatic nitrogens is 1. The second-order valence-electron chi connectivity index (χ2n) is 7.56. The molecule has 1 fully saturated rings. The smallest absolute Gasteiger partial charge is 0.255 e. The molecule has 1 aliphatic carbocycles. The van der Waals surface area contributed by atoms with Crippen molar-refractivity contribution in [1.82, 2.24) is 4.98 Å². The topological polar surface area (TPSA) is 68.1 Å². The Bertz CT molecular complexity index is 923. The number of nitrogens with one attached hydrogen (secondary N) is 1. The summed E-state index contributed by atoms with van der Waals surface area (Å²) in [6.07, 6.45) is 7.05. The maximum atomic E-state index is 11.8. The van der Waals surface area contributed by atoms with Crippen LogP contribution in [0.1, 0.15) is 39.0 Å². The quantitative estimate of drug-likeness (QED) is 0.590. The van der Waals surface area contributed by atoms with Crippen molar-refractivity contribution in [3.8, 4) is 5.75 Å². The average Bonchev–Trinajstić information content (AvgIpc) is 2.77. The van der Waals surface area contributed by atoms with E-state index in [1.807, 2.05) is 48.5 Å². The fraction of sp³-hybridized carbons (Fsp3) is 0.375. The van der Waals surface area contributed by atoms with Gasteiger partial charge in [0.1, 0.15) is 5.75 Å². The summed E-state index contributed by atoms with van der Waals surface area (Å²) in [7, 11) is 0. The number of aromatic amines is 1. The molecule has 4 rings (SSSR count). The number of nitrogens with two attached hydrogens (primary N) is 1. The minimum absolute atomic E-state index is 0.134. The van der Waals surface area contributed by atoms with E-state index in [1.165, 1.54) is 0 Å². The number of rotatable bonds is 4. The molecule has 0 amide bonds. The lowest BCUT2D eigenvalue weighted by molar-refractivity contribution is 0.122. The zero-order chi connectivity index (χ0) is 20.6. The predicted molar refractivity (Wildman–Crippen MR) is 121 cm³/mol. The molecule has 1 heterocycles. The zero-order valence-electron chi connectivity index (χ0n) is 16.8. The van der Waals surface area contributed by atoms with Crippen molar-refractivity contribution in [3.05, 3.63) is 76.2 Å². The van der Waals surface area contributed by atoms with Crippen LogP contribution in [0.4, 0.5) is 0 Å². The number of benzene rings is 2. The molecule has 1 unspecified atom stereocenters. The van der Waals surface area contributed by atoms with Crippen LogP contribution in [0.2, 0.25) is 5.02 Å². The largest absolute Gasteiger partial charge is 0.489 e. The van der Waals surface area contributed by atoms with Gasteiger partial charge in [0, 0.05) is 17.6 Å². The molecule has 0 radical (unpaired) electrons. The Labute approximate surface area is 177 Å². The molecule has 0 bridgehead atoms. The molecule has 0 saturated heterocycles. The van der Waals surface area contributed by atoms with Crippen LogP contribution >= 0.6 is 11.6 Å². The highest BCUT2D eigenvalue weighted by Crippen LogP contribution is 2.34. The van der Waals surface area contributed by atoms with Gasteiger partial charge in [-0.15, -0.1) is 0 Å². The first-order chi connectivity index (χ1) is 14.1. The van der Waals surface area contributed by atoms with Gasteiger partial charge in [-0.25, -0.2) is 0 Å². The highest BCUT2D eigenvalue weighted by Gasteiger charge is 2.26. The molecule has 1 aromatic heterocycles. The summed E-state index contributed by atoms with van der Waals surface area (Å²) in [5.74, 6) is 1.26. The lowest BCUT2D eigenvalue weighted by atomic mass is 9.82. The van der Waals surface area contributed by atoms with Crippen LogP contribution in [0.5, 0.6) is 5.75 Å². The number of hydrogen-bond acceptors (Lipinski definition) is 3. The summed E-state index contributed by atoms with van der Waals surface area (Å²) in [5, 5.41) is 1.92. The summed E-state index contributed by atoms with van der Waals surface area (Å²) in [6.45, 7) is 2.14. The third kappa shape index (κ3) is 5.84. The van der Waals surface area contributed by atoms with E-state index in [-0.39, 0.29) is 11.7 Å². The first-order valence-electron chi connectivity index (χ1n) is 10.3. The summed E-state index contributed by atoms with van der Waals surface area (Å²) < 4.78 is 6.11. The van der Waals surface area contributed by atoms with Crippen LogP contribution in [0, 0.1) is 5.92 Å². The standard InChI is InChI=1S/C18H23ClN2O2.C6H6/c1-2-16(20)11-3-5-13(6-4-11)23-17-9-12-7-8-21-18(22)14(12)10-15(17)19;1-2-4-6-5-3-1/h7-11,13,16H,2-6,20H2,1H3,(H,21,22);1-6H. The first kappa shape index (κ1) is 21.4. The van der Waals surface area contributed by atoms with E-state index in [1.54, 1.807) is 12.3 Å². The molecule has 154 valence electrons. The SMILES string of the molecule is CCC(N)C1CCC(Oc2cc3cc[nH]c(=O)c3cc2Cl)CC1.c1ccccc1.